The van der Waals surface area contributed by atoms with E-state index in [0.717, 1.165) is 17.7 Å². The number of hydrogen-bond acceptors (Lipinski definition) is 1. The Bertz CT molecular complexity index is 3070. The fraction of sp³-hybridized carbons (Fsp3) is 0.0727. The number of benzene rings is 8. The highest BCUT2D eigenvalue weighted by Crippen LogP contribution is 2.66. The predicted molar refractivity (Wildman–Crippen MR) is 233 cm³/mol. The van der Waals surface area contributed by atoms with Gasteiger partial charge >= 0.3 is 0 Å². The highest BCUT2D eigenvalue weighted by atomic mass is 14.8. The van der Waals surface area contributed by atoms with Crippen molar-refractivity contribution in [2.24, 2.45) is 4.99 Å². The molecule has 0 aromatic heterocycles. The van der Waals surface area contributed by atoms with E-state index >= 15 is 0 Å². The van der Waals surface area contributed by atoms with Gasteiger partial charge in [0.25, 0.3) is 0 Å². The van der Waals surface area contributed by atoms with Crippen molar-refractivity contribution in [1.82, 2.24) is 0 Å². The van der Waals surface area contributed by atoms with E-state index in [-0.39, 0.29) is 6.04 Å². The normalized spacial score (nSPS) is 18.3. The van der Waals surface area contributed by atoms with Crippen LogP contribution in [0.4, 0.5) is 0 Å². The molecule has 2 atom stereocenters. The molecule has 1 heteroatoms. The van der Waals surface area contributed by atoms with Crippen LogP contribution in [-0.4, -0.2) is 5.71 Å². The Labute approximate surface area is 327 Å². The zero-order chi connectivity index (χ0) is 37.1. The third kappa shape index (κ3) is 4.02. The van der Waals surface area contributed by atoms with Gasteiger partial charge in [-0.25, -0.2) is 0 Å². The minimum Gasteiger partial charge on any atom is -0.272 e. The van der Waals surface area contributed by atoms with E-state index in [1.54, 1.807) is 0 Å². The summed E-state index contributed by atoms with van der Waals surface area (Å²) < 4.78 is 0. The lowest BCUT2D eigenvalue weighted by Gasteiger charge is -2.31. The van der Waals surface area contributed by atoms with Crippen molar-refractivity contribution >= 4 is 22.1 Å². The van der Waals surface area contributed by atoms with Gasteiger partial charge in [-0.05, 0) is 125 Å². The predicted octanol–water partition coefficient (Wildman–Crippen LogP) is 13.8. The third-order valence-corrected chi connectivity index (χ3v) is 13.1. The van der Waals surface area contributed by atoms with Crippen LogP contribution in [0, 0.1) is 0 Å². The van der Waals surface area contributed by atoms with Gasteiger partial charge < -0.3 is 0 Å². The molecule has 3 aliphatic carbocycles. The molecule has 8 aromatic rings. The van der Waals surface area contributed by atoms with Crippen LogP contribution in [-0.2, 0) is 5.41 Å². The van der Waals surface area contributed by atoms with E-state index in [1.807, 2.05) is 0 Å². The minimum absolute atomic E-state index is 0.165. The summed E-state index contributed by atoms with van der Waals surface area (Å²) in [4.78, 5) is 5.77. The topological polar surface area (TPSA) is 12.4 Å². The van der Waals surface area contributed by atoms with Gasteiger partial charge in [0, 0.05) is 5.56 Å². The summed E-state index contributed by atoms with van der Waals surface area (Å²) in [5.41, 5.74) is 23.7. The summed E-state index contributed by atoms with van der Waals surface area (Å²) in [5, 5.41) is 2.70. The van der Waals surface area contributed by atoms with Crippen LogP contribution < -0.4 is 0 Å². The number of fused-ring (bicyclic) bond motifs is 14. The van der Waals surface area contributed by atoms with Gasteiger partial charge in [0.05, 0.1) is 17.2 Å². The molecule has 262 valence electrons. The zero-order valence-electron chi connectivity index (χ0n) is 31.2. The van der Waals surface area contributed by atoms with Crippen LogP contribution in [0.1, 0.15) is 58.3 Å². The average molecular weight is 712 g/mol. The fourth-order valence-electron chi connectivity index (χ4n) is 10.8. The van der Waals surface area contributed by atoms with Crippen LogP contribution in [0.25, 0.3) is 60.9 Å². The van der Waals surface area contributed by atoms with E-state index in [0.29, 0.717) is 0 Å². The Hall–Kier alpha value is -6.83. The molecule has 0 N–H and O–H groups in total. The molecule has 0 radical (unpaired) electrons. The molecule has 56 heavy (non-hydrogen) atoms. The van der Waals surface area contributed by atoms with Crippen LogP contribution in [0.15, 0.2) is 199 Å². The van der Waals surface area contributed by atoms with Crippen molar-refractivity contribution in [3.05, 3.63) is 233 Å². The molecule has 1 heterocycles. The fourth-order valence-corrected chi connectivity index (χ4v) is 10.8. The molecule has 0 bridgehead atoms. The number of hydrogen-bond donors (Lipinski definition) is 0. The van der Waals surface area contributed by atoms with E-state index < -0.39 is 5.41 Å². The first-order valence-electron chi connectivity index (χ1n) is 19.7. The van der Waals surface area contributed by atoms with Crippen molar-refractivity contribution < 1.29 is 0 Å². The van der Waals surface area contributed by atoms with Crippen molar-refractivity contribution in [3.8, 4) is 44.5 Å². The standard InChI is InChI=1S/C55H37N/c1-33-31-44(35-17-5-3-6-18-35)34(2)54(56-53(33)36-19-7-4-8-20-36)43-27-16-30-48-52(43)41-24-12-14-29-47(41)55(48)46-28-13-11-23-40(46)51-42-26-15-25-39-37-21-9-10-22-38(37)45(50(39)42)32-49(51)55/h3-30,32,53H,1,31H2,2H3. The minimum atomic E-state index is -0.500. The molecule has 12 rings (SSSR count). The molecule has 0 fully saturated rings. The van der Waals surface area contributed by atoms with Gasteiger partial charge in [0.1, 0.15) is 0 Å². The summed E-state index contributed by atoms with van der Waals surface area (Å²) in [6, 6.07) is 65.2. The molecular weight excluding hydrogens is 675 g/mol. The van der Waals surface area contributed by atoms with Crippen molar-refractivity contribution in [2.75, 3.05) is 0 Å². The summed E-state index contributed by atoms with van der Waals surface area (Å²) >= 11 is 0. The second kappa shape index (κ2) is 11.6. The molecule has 4 aliphatic rings. The van der Waals surface area contributed by atoms with Gasteiger partial charge in [-0.1, -0.05) is 176 Å². The zero-order valence-corrected chi connectivity index (χ0v) is 31.2. The first-order valence-corrected chi connectivity index (χ1v) is 19.7. The van der Waals surface area contributed by atoms with Crippen LogP contribution >= 0.6 is 0 Å². The lowest BCUT2D eigenvalue weighted by Crippen LogP contribution is -2.26. The van der Waals surface area contributed by atoms with E-state index in [9.17, 15) is 0 Å². The summed E-state index contributed by atoms with van der Waals surface area (Å²) in [6.07, 6.45) is 0.762. The monoisotopic (exact) mass is 711 g/mol. The molecule has 8 aromatic carbocycles. The molecular formula is C55H37N. The molecule has 2 unspecified atom stereocenters. The second-order valence-electron chi connectivity index (χ2n) is 15.8. The highest BCUT2D eigenvalue weighted by Gasteiger charge is 2.53. The van der Waals surface area contributed by atoms with Gasteiger partial charge in [0.2, 0.25) is 0 Å². The van der Waals surface area contributed by atoms with Crippen molar-refractivity contribution in [1.29, 1.82) is 0 Å². The SMILES string of the molecule is C=C1CC(c2ccccc2)=C(C)C(c2cccc3c2-c2ccccc2C32c3ccccc3-c3c2cc2c4c(cccc34)-c3ccccc3-2)=NC1c1ccccc1. The first-order chi connectivity index (χ1) is 27.6. The molecule has 1 nitrogen and oxygen atoms in total. The molecule has 0 saturated carbocycles. The number of nitrogens with zero attached hydrogens (tertiary/aromatic N) is 1. The van der Waals surface area contributed by atoms with E-state index in [1.165, 1.54) is 105 Å². The van der Waals surface area contributed by atoms with Crippen LogP contribution in [0.2, 0.25) is 0 Å². The number of aliphatic imine (C=N–C) groups is 1. The maximum absolute atomic E-state index is 5.77. The van der Waals surface area contributed by atoms with E-state index in [2.05, 4.69) is 183 Å². The third-order valence-electron chi connectivity index (χ3n) is 13.1. The maximum Gasteiger partial charge on any atom is 0.0967 e. The molecule has 0 amide bonds. The lowest BCUT2D eigenvalue weighted by molar-refractivity contribution is 0.794. The Kier molecular flexibility index (Phi) is 6.52. The Morgan fingerprint density at radius 2 is 1.05 bits per heavy atom. The lowest BCUT2D eigenvalue weighted by atomic mass is 9.70. The average Bonchev–Trinajstić information content (AvgIpc) is 3.83. The van der Waals surface area contributed by atoms with Crippen LogP contribution in [0.5, 0.6) is 0 Å². The van der Waals surface area contributed by atoms with Crippen molar-refractivity contribution in [3.63, 3.8) is 0 Å². The Morgan fingerprint density at radius 3 is 1.79 bits per heavy atom. The molecule has 0 saturated heterocycles. The van der Waals surface area contributed by atoms with Gasteiger partial charge in [-0.15, -0.1) is 0 Å². The first kappa shape index (κ1) is 31.5. The summed E-state index contributed by atoms with van der Waals surface area (Å²) in [7, 11) is 0. The Balaban J connectivity index is 1.19. The van der Waals surface area contributed by atoms with Gasteiger partial charge in [-0.2, -0.15) is 0 Å². The van der Waals surface area contributed by atoms with Crippen LogP contribution in [0.3, 0.4) is 0 Å². The Morgan fingerprint density at radius 1 is 0.500 bits per heavy atom. The maximum atomic E-state index is 5.77. The summed E-state index contributed by atoms with van der Waals surface area (Å²) in [6.45, 7) is 6.99. The summed E-state index contributed by atoms with van der Waals surface area (Å²) in [5.74, 6) is 0. The highest BCUT2D eigenvalue weighted by molar-refractivity contribution is 6.23. The number of allylic oxidation sites excluding steroid dienone is 2. The smallest absolute Gasteiger partial charge is 0.0967 e. The molecule has 1 spiro atoms. The largest absolute Gasteiger partial charge is 0.272 e. The molecule has 1 aliphatic heterocycles. The second-order valence-corrected chi connectivity index (χ2v) is 15.8. The van der Waals surface area contributed by atoms with Crippen molar-refractivity contribution in [2.45, 2.75) is 24.8 Å². The van der Waals surface area contributed by atoms with E-state index in [4.69, 9.17) is 11.6 Å². The quantitative estimate of drug-likeness (QED) is 0.162. The van der Waals surface area contributed by atoms with Gasteiger partial charge in [0.15, 0.2) is 0 Å². The van der Waals surface area contributed by atoms with Gasteiger partial charge in [-0.3, -0.25) is 4.99 Å². The number of rotatable bonds is 3.